The summed E-state index contributed by atoms with van der Waals surface area (Å²) in [6.45, 7) is 14.2. The Kier molecular flexibility index (Phi) is 11.2. The Morgan fingerprint density at radius 2 is 1.00 bits per heavy atom. The van der Waals surface area contributed by atoms with Crippen LogP contribution in [0.15, 0.2) is 243 Å². The molecule has 1 aliphatic carbocycles. The third kappa shape index (κ3) is 7.88. The zero-order chi connectivity index (χ0) is 51.8. The Morgan fingerprint density at radius 3 is 1.64 bits per heavy atom. The van der Waals surface area contributed by atoms with Gasteiger partial charge in [-0.25, -0.2) is 4.98 Å². The first-order valence-electron chi connectivity index (χ1n) is 26.5. The lowest BCUT2D eigenvalue weighted by Crippen LogP contribution is -2.30. The average molecular weight is 985 g/mol. The number of aromatic nitrogens is 2. The van der Waals surface area contributed by atoms with Crippen LogP contribution in [0.25, 0.3) is 61.0 Å². The molecule has 0 saturated heterocycles. The molecule has 2 aliphatic rings. The van der Waals surface area contributed by atoms with Gasteiger partial charge in [0.2, 0.25) is 0 Å². The largest absolute Gasteiger partial charge is 0.457 e. The van der Waals surface area contributed by atoms with E-state index < -0.39 is 5.41 Å². The Labute approximate surface area is 446 Å². The van der Waals surface area contributed by atoms with Crippen molar-refractivity contribution >= 4 is 33.2 Å². The fraction of sp³-hybridized carbons (Fsp3) is 0.141. The summed E-state index contributed by atoms with van der Waals surface area (Å²) >= 11 is 0. The van der Waals surface area contributed by atoms with E-state index in [0.717, 1.165) is 45.0 Å². The van der Waals surface area contributed by atoms with Crippen LogP contribution in [0.4, 0.5) is 11.4 Å². The molecule has 0 radical (unpaired) electrons. The summed E-state index contributed by atoms with van der Waals surface area (Å²) in [6, 6.07) is 81.9. The van der Waals surface area contributed by atoms with Crippen LogP contribution in [0.3, 0.4) is 0 Å². The number of benzene rings is 9. The Morgan fingerprint density at radius 1 is 0.434 bits per heavy atom. The second kappa shape index (κ2) is 18.2. The van der Waals surface area contributed by atoms with Gasteiger partial charge in [0, 0.05) is 58.3 Å². The van der Waals surface area contributed by atoms with Crippen LogP contribution in [0.1, 0.15) is 74.9 Å². The molecule has 0 atom stereocenters. The highest BCUT2D eigenvalue weighted by atomic mass is 16.5. The monoisotopic (exact) mass is 984 g/mol. The van der Waals surface area contributed by atoms with Crippen molar-refractivity contribution in [1.29, 1.82) is 0 Å². The van der Waals surface area contributed by atoms with Crippen LogP contribution in [-0.4, -0.2) is 16.2 Å². The van der Waals surface area contributed by atoms with Crippen molar-refractivity contribution in [3.63, 3.8) is 0 Å². The maximum Gasteiger partial charge on any atom is 0.137 e. The molecule has 0 amide bonds. The number of nitrogens with zero attached hydrogens (tertiary/aromatic N) is 4. The van der Waals surface area contributed by atoms with E-state index in [1.807, 2.05) is 6.20 Å². The molecule has 2 aromatic heterocycles. The second-order valence-electron chi connectivity index (χ2n) is 22.5. The van der Waals surface area contributed by atoms with Gasteiger partial charge in [0.05, 0.1) is 28.8 Å². The molecule has 370 valence electrons. The number of para-hydroxylation sites is 1. The molecule has 0 unspecified atom stereocenters. The minimum absolute atomic E-state index is 0.0439. The van der Waals surface area contributed by atoms with Gasteiger partial charge in [0.25, 0.3) is 0 Å². The lowest BCUT2D eigenvalue weighted by atomic mass is 9.67. The molecule has 13 rings (SSSR count). The van der Waals surface area contributed by atoms with E-state index in [4.69, 9.17) is 9.72 Å². The maximum absolute atomic E-state index is 7.32. The van der Waals surface area contributed by atoms with E-state index in [1.54, 1.807) is 0 Å². The number of pyridine rings is 1. The molecule has 0 bridgehead atoms. The number of rotatable bonds is 9. The molecule has 0 saturated carbocycles. The number of fused-ring (bicyclic) bond motifs is 6. The number of hydrogen-bond donors (Lipinski definition) is 0. The topological polar surface area (TPSA) is 33.5 Å². The summed E-state index contributed by atoms with van der Waals surface area (Å²) in [5.41, 5.74) is 18.1. The third-order valence-corrected chi connectivity index (χ3v) is 15.7. The molecular weight excluding hydrogens is 925 g/mol. The van der Waals surface area contributed by atoms with Crippen LogP contribution in [0.5, 0.6) is 11.5 Å². The smallest absolute Gasteiger partial charge is 0.137 e. The summed E-state index contributed by atoms with van der Waals surface area (Å²) < 4.78 is 9.61. The second-order valence-corrected chi connectivity index (χ2v) is 22.5. The zero-order valence-electron chi connectivity index (χ0n) is 44.0. The van der Waals surface area contributed by atoms with Gasteiger partial charge in [-0.15, -0.1) is 0 Å². The van der Waals surface area contributed by atoms with Gasteiger partial charge >= 0.3 is 0 Å². The first kappa shape index (κ1) is 46.8. The van der Waals surface area contributed by atoms with Crippen LogP contribution >= 0.6 is 0 Å². The van der Waals surface area contributed by atoms with Crippen LogP contribution < -0.4 is 14.5 Å². The third-order valence-electron chi connectivity index (χ3n) is 15.7. The highest BCUT2D eigenvalue weighted by Crippen LogP contribution is 2.57. The first-order valence-corrected chi connectivity index (χ1v) is 26.5. The standard InChI is InChI=1S/C71H60N4O/c1-69(2,3)51-36-37-72-67(44-51)75-65-33-21-18-30-59(65)60-35-34-55(46-66(60)75)76-56-41-53(71(50-26-14-9-15-27-50)63-31-19-16-28-57(63)58-29-17-20-32-64(58)71)40-54(45-56)73-38-39-74(47-73)68-61(48-22-10-7-11-23-48)42-52(70(4,5)6)43-62(68)49-24-12-8-13-25-49/h7-46H,47H2,1-6H3. The van der Waals surface area contributed by atoms with Gasteiger partial charge in [-0.1, -0.05) is 199 Å². The van der Waals surface area contributed by atoms with Gasteiger partial charge in [-0.2, -0.15) is 0 Å². The summed E-state index contributed by atoms with van der Waals surface area (Å²) in [6.07, 6.45) is 6.42. The van der Waals surface area contributed by atoms with Crippen LogP contribution in [-0.2, 0) is 16.2 Å². The van der Waals surface area contributed by atoms with Gasteiger partial charge in [0.15, 0.2) is 0 Å². The molecule has 76 heavy (non-hydrogen) atoms. The summed E-state index contributed by atoms with van der Waals surface area (Å²) in [7, 11) is 0. The highest BCUT2D eigenvalue weighted by molar-refractivity contribution is 6.09. The Balaban J connectivity index is 1.000. The van der Waals surface area contributed by atoms with E-state index in [9.17, 15) is 0 Å². The maximum atomic E-state index is 7.32. The molecule has 3 heterocycles. The Hall–Kier alpha value is -8.93. The molecule has 9 aromatic carbocycles. The van der Waals surface area contributed by atoms with Crippen molar-refractivity contribution in [3.8, 4) is 50.7 Å². The van der Waals surface area contributed by atoms with Crippen molar-refractivity contribution in [1.82, 2.24) is 9.55 Å². The molecule has 0 spiro atoms. The predicted octanol–water partition coefficient (Wildman–Crippen LogP) is 18.0. The molecule has 5 nitrogen and oxygen atoms in total. The van der Waals surface area contributed by atoms with Crippen molar-refractivity contribution in [2.45, 2.75) is 57.8 Å². The fourth-order valence-corrected chi connectivity index (χ4v) is 11.9. The highest BCUT2D eigenvalue weighted by Gasteiger charge is 2.46. The van der Waals surface area contributed by atoms with E-state index in [1.165, 1.54) is 72.3 Å². The minimum atomic E-state index is -0.657. The van der Waals surface area contributed by atoms with Crippen LogP contribution in [0, 0.1) is 0 Å². The molecular formula is C71H60N4O. The first-order chi connectivity index (χ1) is 36.9. The van der Waals surface area contributed by atoms with Gasteiger partial charge in [-0.05, 0) is 121 Å². The average Bonchev–Trinajstić information content (AvgIpc) is 4.28. The molecule has 0 fully saturated rings. The predicted molar refractivity (Wildman–Crippen MR) is 316 cm³/mol. The lowest BCUT2D eigenvalue weighted by molar-refractivity contribution is 0.482. The van der Waals surface area contributed by atoms with Crippen molar-refractivity contribution in [3.05, 3.63) is 276 Å². The summed E-state index contributed by atoms with van der Waals surface area (Å²) in [4.78, 5) is 9.78. The lowest BCUT2D eigenvalue weighted by Gasteiger charge is -2.35. The zero-order valence-corrected chi connectivity index (χ0v) is 44.0. The van der Waals surface area contributed by atoms with E-state index in [0.29, 0.717) is 6.67 Å². The number of ether oxygens (including phenoxy) is 1. The molecule has 0 N–H and O–H groups in total. The molecule has 11 aromatic rings. The quantitative estimate of drug-likeness (QED) is 0.144. The normalized spacial score (nSPS) is 13.9. The van der Waals surface area contributed by atoms with Crippen molar-refractivity contribution < 1.29 is 4.74 Å². The summed E-state index contributed by atoms with van der Waals surface area (Å²) in [5, 5.41) is 2.31. The SMILES string of the molecule is CC(C)(C)c1ccnc(-n2c3ccccc3c3ccc(Oc4cc(N5C=CN(c6c(-c7ccccc7)cc(C(C)(C)C)cc6-c6ccccc6)C5)cc(C5(c6ccccc6)c6ccccc6-c6ccccc65)c4)cc32)c1. The van der Waals surface area contributed by atoms with E-state index >= 15 is 0 Å². The Bertz CT molecular complexity index is 3920. The minimum Gasteiger partial charge on any atom is -0.457 e. The molecule has 5 heteroatoms. The van der Waals surface area contributed by atoms with Crippen molar-refractivity contribution in [2.24, 2.45) is 0 Å². The van der Waals surface area contributed by atoms with Gasteiger partial charge in [0.1, 0.15) is 17.3 Å². The fourth-order valence-electron chi connectivity index (χ4n) is 11.9. The van der Waals surface area contributed by atoms with E-state index in [2.05, 4.69) is 293 Å². The van der Waals surface area contributed by atoms with Crippen LogP contribution in [0.2, 0.25) is 0 Å². The van der Waals surface area contributed by atoms with Crippen molar-refractivity contribution in [2.75, 3.05) is 16.5 Å². The number of anilines is 2. The molecule has 1 aliphatic heterocycles. The number of hydrogen-bond acceptors (Lipinski definition) is 4. The summed E-state index contributed by atoms with van der Waals surface area (Å²) in [5.74, 6) is 2.37. The van der Waals surface area contributed by atoms with E-state index in [-0.39, 0.29) is 10.8 Å². The van der Waals surface area contributed by atoms with Gasteiger partial charge in [-0.3, -0.25) is 4.57 Å². The van der Waals surface area contributed by atoms with Gasteiger partial charge < -0.3 is 14.5 Å².